The van der Waals surface area contributed by atoms with E-state index in [1.54, 1.807) is 6.92 Å². The third-order valence-electron chi connectivity index (χ3n) is 21.3. The summed E-state index contributed by atoms with van der Waals surface area (Å²) in [5.41, 5.74) is -2.57. The summed E-state index contributed by atoms with van der Waals surface area (Å²) in [6, 6.07) is 0. The highest BCUT2D eigenvalue weighted by Crippen LogP contribution is 2.75. The van der Waals surface area contributed by atoms with E-state index in [1.165, 1.54) is 13.8 Å². The van der Waals surface area contributed by atoms with Crippen molar-refractivity contribution in [3.8, 4) is 0 Å². The van der Waals surface area contributed by atoms with Crippen molar-refractivity contribution in [1.82, 2.24) is 0 Å². The van der Waals surface area contributed by atoms with Gasteiger partial charge in [-0.3, -0.25) is 0 Å². The van der Waals surface area contributed by atoms with Crippen LogP contribution in [-0.2, 0) is 37.9 Å². The van der Waals surface area contributed by atoms with Crippen LogP contribution in [0.1, 0.15) is 107 Å². The average Bonchev–Trinajstić information content (AvgIpc) is 3.98. The first-order valence-electron chi connectivity index (χ1n) is 28.5. The Morgan fingerprint density at radius 2 is 1.18 bits per heavy atom. The van der Waals surface area contributed by atoms with Gasteiger partial charge in [0.15, 0.2) is 25.2 Å². The highest BCUT2D eigenvalue weighted by Gasteiger charge is 2.71. The second-order valence-corrected chi connectivity index (χ2v) is 26.3. The molecule has 0 aromatic carbocycles. The molecule has 0 bridgehead atoms. The topological polar surface area (TPSA) is 398 Å². The predicted octanol–water partition coefficient (Wildman–Crippen LogP) is -2.99. The van der Waals surface area contributed by atoms with Gasteiger partial charge in [0.2, 0.25) is 0 Å². The van der Waals surface area contributed by atoms with Crippen molar-refractivity contribution >= 4 is 0 Å². The van der Waals surface area contributed by atoms with Crippen molar-refractivity contribution in [1.29, 1.82) is 0 Å². The van der Waals surface area contributed by atoms with Gasteiger partial charge in [-0.25, -0.2) is 0 Å². The maximum Gasteiger partial charge on any atom is 0.187 e. The highest BCUT2D eigenvalue weighted by atomic mass is 16.8. The Morgan fingerprint density at radius 1 is 0.633 bits per heavy atom. The lowest BCUT2D eigenvalue weighted by molar-refractivity contribution is -0.365. The summed E-state index contributed by atoms with van der Waals surface area (Å²) in [6.07, 6.45) is -27.0. The lowest BCUT2D eigenvalue weighted by Crippen LogP contribution is -2.66. The van der Waals surface area contributed by atoms with Crippen LogP contribution in [0.5, 0.6) is 0 Å². The predicted molar refractivity (Wildman–Crippen MR) is 272 cm³/mol. The van der Waals surface area contributed by atoms with E-state index in [2.05, 4.69) is 26.8 Å². The molecule has 0 aromatic rings. The van der Waals surface area contributed by atoms with Crippen molar-refractivity contribution in [2.45, 2.75) is 254 Å². The van der Waals surface area contributed by atoms with Gasteiger partial charge in [-0.1, -0.05) is 60.1 Å². The normalized spacial score (nSPS) is 51.4. The first-order chi connectivity index (χ1) is 36.8. The van der Waals surface area contributed by atoms with Crippen LogP contribution in [0.2, 0.25) is 0 Å². The van der Waals surface area contributed by atoms with E-state index in [9.17, 15) is 81.7 Å². The zero-order chi connectivity index (χ0) is 58.4. The van der Waals surface area contributed by atoms with Crippen molar-refractivity contribution in [2.24, 2.45) is 51.2 Å². The molecule has 8 rings (SSSR count). The summed E-state index contributed by atoms with van der Waals surface area (Å²) in [5.74, 6) is -1.16. The molecule has 4 aliphatic heterocycles. The van der Waals surface area contributed by atoms with Crippen molar-refractivity contribution < 1.29 is 120 Å². The molecule has 458 valence electrons. The number of hydrogen-bond donors (Lipinski definition) is 16. The van der Waals surface area contributed by atoms with Crippen molar-refractivity contribution in [2.75, 3.05) is 26.4 Å². The molecule has 0 spiro atoms. The fourth-order valence-corrected chi connectivity index (χ4v) is 15.8. The molecule has 0 amide bonds. The summed E-state index contributed by atoms with van der Waals surface area (Å²) < 4.78 is 47.3. The minimum absolute atomic E-state index is 0.0171. The minimum Gasteiger partial charge on any atom is -0.394 e. The SMILES string of the molecule is CC1C(CO)OC(OCC2OC(OC(CC(O)C(C)C3CCC4(C)C5CC=C6C(CCC(OC7OC(CO)C(OC8OC(CO)C(O)C(O)C8O)C(O)C7O)C6(C)C)C5(C)C(O)CC34C)C(C)(C)O)C(O)C(O)C2O)C(O)C1O. The van der Waals surface area contributed by atoms with E-state index in [1.807, 2.05) is 20.8 Å². The lowest BCUT2D eigenvalue weighted by atomic mass is 9.38. The zero-order valence-electron chi connectivity index (χ0n) is 46.9. The largest absolute Gasteiger partial charge is 0.394 e. The van der Waals surface area contributed by atoms with Gasteiger partial charge in [-0.15, -0.1) is 0 Å². The quantitative estimate of drug-likeness (QED) is 0.0646. The van der Waals surface area contributed by atoms with E-state index in [4.69, 9.17) is 37.9 Å². The third-order valence-corrected chi connectivity index (χ3v) is 21.3. The first kappa shape index (κ1) is 63.8. The van der Waals surface area contributed by atoms with Crippen LogP contribution >= 0.6 is 0 Å². The van der Waals surface area contributed by atoms with Gasteiger partial charge >= 0.3 is 0 Å². The van der Waals surface area contributed by atoms with E-state index in [-0.39, 0.29) is 35.5 Å². The number of fused-ring (bicyclic) bond motifs is 5. The fourth-order valence-electron chi connectivity index (χ4n) is 15.8. The highest BCUT2D eigenvalue weighted by molar-refractivity contribution is 5.32. The van der Waals surface area contributed by atoms with Gasteiger partial charge < -0.3 is 120 Å². The van der Waals surface area contributed by atoms with E-state index in [0.29, 0.717) is 25.7 Å². The number of aliphatic hydroxyl groups excluding tert-OH is 15. The molecule has 31 atom stereocenters. The lowest BCUT2D eigenvalue weighted by Gasteiger charge is -2.67. The van der Waals surface area contributed by atoms with Crippen LogP contribution in [0.15, 0.2) is 11.6 Å². The molecular weight excluding hydrogens is 1040 g/mol. The average molecular weight is 1140 g/mol. The van der Waals surface area contributed by atoms with Gasteiger partial charge in [0.25, 0.3) is 0 Å². The molecule has 31 unspecified atom stereocenters. The molecule has 4 aliphatic carbocycles. The van der Waals surface area contributed by atoms with E-state index in [0.717, 1.165) is 18.4 Å². The number of ether oxygens (including phenoxy) is 8. The van der Waals surface area contributed by atoms with Crippen LogP contribution < -0.4 is 0 Å². The summed E-state index contributed by atoms with van der Waals surface area (Å²) >= 11 is 0. The van der Waals surface area contributed by atoms with Gasteiger partial charge in [0, 0.05) is 23.2 Å². The van der Waals surface area contributed by atoms with Gasteiger partial charge in [0.05, 0.1) is 68.7 Å². The first-order valence-corrected chi connectivity index (χ1v) is 28.5. The van der Waals surface area contributed by atoms with E-state index < -0.39 is 195 Å². The number of allylic oxidation sites excluding steroid dienone is 1. The zero-order valence-corrected chi connectivity index (χ0v) is 46.9. The van der Waals surface area contributed by atoms with Gasteiger partial charge in [-0.05, 0) is 86.9 Å². The van der Waals surface area contributed by atoms with Gasteiger partial charge in [0.1, 0.15) is 79.4 Å². The molecule has 3 saturated carbocycles. The Morgan fingerprint density at radius 3 is 1.80 bits per heavy atom. The Balaban J connectivity index is 0.925. The van der Waals surface area contributed by atoms with Crippen LogP contribution in [-0.4, -0.2) is 255 Å². The Kier molecular flexibility index (Phi) is 19.3. The molecule has 79 heavy (non-hydrogen) atoms. The molecule has 0 radical (unpaired) electrons. The maximum absolute atomic E-state index is 12.7. The Bertz CT molecular complexity index is 2060. The van der Waals surface area contributed by atoms with Crippen LogP contribution in [0, 0.1) is 51.2 Å². The Labute approximate surface area is 461 Å². The molecule has 24 heteroatoms. The minimum atomic E-state index is -1.81. The van der Waals surface area contributed by atoms with Gasteiger partial charge in [-0.2, -0.15) is 0 Å². The summed E-state index contributed by atoms with van der Waals surface area (Å²) in [7, 11) is 0. The maximum atomic E-state index is 12.7. The van der Waals surface area contributed by atoms with Crippen molar-refractivity contribution in [3.63, 3.8) is 0 Å². The third kappa shape index (κ3) is 11.2. The summed E-state index contributed by atoms with van der Waals surface area (Å²) in [5, 5.41) is 174. The number of hydrogen-bond acceptors (Lipinski definition) is 24. The molecule has 0 aromatic heterocycles. The molecule has 7 fully saturated rings. The van der Waals surface area contributed by atoms with Crippen molar-refractivity contribution in [3.05, 3.63) is 11.6 Å². The molecule has 24 nitrogen and oxygen atoms in total. The fraction of sp³-hybridized carbons (Fsp3) is 0.964. The second kappa shape index (κ2) is 23.9. The molecule has 4 saturated heterocycles. The molecule has 16 N–H and O–H groups in total. The van der Waals surface area contributed by atoms with Crippen LogP contribution in [0.25, 0.3) is 0 Å². The summed E-state index contributed by atoms with van der Waals surface area (Å²) in [4.78, 5) is 0. The number of aliphatic hydroxyl groups is 16. The smallest absolute Gasteiger partial charge is 0.187 e. The summed E-state index contributed by atoms with van der Waals surface area (Å²) in [6.45, 7) is 14.9. The molecular formula is C55H94O24. The van der Waals surface area contributed by atoms with Crippen LogP contribution in [0.3, 0.4) is 0 Å². The second-order valence-electron chi connectivity index (χ2n) is 26.3. The molecule has 4 heterocycles. The number of rotatable bonds is 17. The molecule has 8 aliphatic rings. The standard InChI is InChI=1S/C55H94O24/c1-22(27(59)16-35(52(5,6)71)78-48-43(68)40(65)38(63)31(76-48)21-72-47-42(67)36(61)23(2)28(18-56)73-47)24-14-15-53(7)32-12-10-25-26(55(32,9)33(60)17-54(24,53)8)11-13-34(51(25,3)4)77-49-45(70)41(66)46(30(20-58)75-49)79-50-44(69)39(64)37(62)29(19-57)74-50/h10,22-24,26-50,56-71H,11-21H2,1-9H3. The van der Waals surface area contributed by atoms with Crippen LogP contribution in [0.4, 0.5) is 0 Å². The Hall–Kier alpha value is -1.22. The van der Waals surface area contributed by atoms with E-state index >= 15 is 0 Å². The monoisotopic (exact) mass is 1140 g/mol.